The van der Waals surface area contributed by atoms with Crippen molar-refractivity contribution in [2.75, 3.05) is 36.4 Å². The Bertz CT molecular complexity index is 799. The fraction of sp³-hybridized carbons (Fsp3) is 0.429. The Morgan fingerprint density at radius 1 is 1.11 bits per heavy atom. The average molecular weight is 368 g/mol. The zero-order valence-electron chi connectivity index (χ0n) is 16.5. The molecule has 6 nitrogen and oxygen atoms in total. The third-order valence-electron chi connectivity index (χ3n) is 4.84. The summed E-state index contributed by atoms with van der Waals surface area (Å²) in [4.78, 5) is 21.1. The highest BCUT2D eigenvalue weighted by Crippen LogP contribution is 2.25. The van der Waals surface area contributed by atoms with Crippen LogP contribution in [0.25, 0.3) is 0 Å². The summed E-state index contributed by atoms with van der Waals surface area (Å²) in [5.41, 5.74) is 4.46. The van der Waals surface area contributed by atoms with E-state index in [9.17, 15) is 4.79 Å². The smallest absolute Gasteiger partial charge is 0.322 e. The molecule has 1 saturated heterocycles. The van der Waals surface area contributed by atoms with Crippen molar-refractivity contribution >= 4 is 17.4 Å². The first kappa shape index (κ1) is 19.0. The largest absolute Gasteiger partial charge is 0.473 e. The van der Waals surface area contributed by atoms with E-state index in [-0.39, 0.29) is 12.1 Å². The van der Waals surface area contributed by atoms with E-state index in [1.807, 2.05) is 24.8 Å². The molecule has 0 bridgehead atoms. The number of carbonyl (C=O) groups excluding carboxylic acids is 1. The van der Waals surface area contributed by atoms with Crippen LogP contribution in [0.1, 0.15) is 25.0 Å². The van der Waals surface area contributed by atoms with Gasteiger partial charge in [-0.05, 0) is 57.0 Å². The van der Waals surface area contributed by atoms with Gasteiger partial charge in [0.15, 0.2) is 0 Å². The van der Waals surface area contributed by atoms with E-state index in [0.717, 1.165) is 13.1 Å². The molecule has 2 aromatic rings. The zero-order valence-corrected chi connectivity index (χ0v) is 16.5. The summed E-state index contributed by atoms with van der Waals surface area (Å²) in [6.07, 6.45) is 1.66. The van der Waals surface area contributed by atoms with Crippen LogP contribution in [-0.2, 0) is 0 Å². The monoisotopic (exact) mass is 368 g/mol. The number of nitrogens with zero attached hydrogens (tertiary/aromatic N) is 3. The molecular formula is C21H28N4O2. The van der Waals surface area contributed by atoms with Gasteiger partial charge in [0.2, 0.25) is 5.88 Å². The number of pyridine rings is 1. The van der Waals surface area contributed by atoms with Crippen molar-refractivity contribution in [2.45, 2.75) is 33.8 Å². The molecule has 0 aliphatic carbocycles. The highest BCUT2D eigenvalue weighted by molar-refractivity contribution is 5.90. The van der Waals surface area contributed by atoms with Crippen molar-refractivity contribution in [2.24, 2.45) is 0 Å². The number of rotatable bonds is 4. The Labute approximate surface area is 161 Å². The highest BCUT2D eigenvalue weighted by atomic mass is 16.5. The summed E-state index contributed by atoms with van der Waals surface area (Å²) in [5, 5.41) is 2.94. The van der Waals surface area contributed by atoms with Crippen LogP contribution in [0.4, 0.5) is 16.2 Å². The van der Waals surface area contributed by atoms with Gasteiger partial charge in [-0.25, -0.2) is 9.78 Å². The van der Waals surface area contributed by atoms with Crippen LogP contribution >= 0.6 is 0 Å². The number of hydrogen-bond acceptors (Lipinski definition) is 4. The topological polar surface area (TPSA) is 57.7 Å². The van der Waals surface area contributed by atoms with Gasteiger partial charge in [0.05, 0.1) is 6.10 Å². The summed E-state index contributed by atoms with van der Waals surface area (Å²) in [6, 6.07) is 9.87. The first-order valence-electron chi connectivity index (χ1n) is 9.44. The molecule has 2 amide bonds. The Balaban J connectivity index is 1.62. The molecule has 1 fully saturated rings. The van der Waals surface area contributed by atoms with Crippen molar-refractivity contribution in [1.29, 1.82) is 0 Å². The molecule has 0 atom stereocenters. The molecule has 0 unspecified atom stereocenters. The molecule has 1 N–H and O–H groups in total. The second-order valence-corrected chi connectivity index (χ2v) is 7.15. The molecule has 1 aromatic heterocycles. The number of amides is 2. The Hall–Kier alpha value is -2.76. The predicted molar refractivity (Wildman–Crippen MR) is 109 cm³/mol. The maximum atomic E-state index is 12.7. The van der Waals surface area contributed by atoms with Crippen molar-refractivity contribution in [3.05, 3.63) is 47.7 Å². The highest BCUT2D eigenvalue weighted by Gasteiger charge is 2.23. The number of aryl methyl sites for hydroxylation is 1. The second kappa shape index (κ2) is 8.29. The number of aromatic nitrogens is 1. The third-order valence-corrected chi connectivity index (χ3v) is 4.84. The van der Waals surface area contributed by atoms with Gasteiger partial charge >= 0.3 is 6.03 Å². The minimum absolute atomic E-state index is 0.00309. The van der Waals surface area contributed by atoms with Crippen molar-refractivity contribution < 1.29 is 9.53 Å². The number of piperazine rings is 1. The van der Waals surface area contributed by atoms with E-state index in [1.54, 1.807) is 12.3 Å². The fourth-order valence-corrected chi connectivity index (χ4v) is 3.23. The van der Waals surface area contributed by atoms with Crippen LogP contribution in [0.15, 0.2) is 36.5 Å². The molecule has 1 aliphatic rings. The fourth-order valence-electron chi connectivity index (χ4n) is 3.23. The Morgan fingerprint density at radius 2 is 1.85 bits per heavy atom. The van der Waals surface area contributed by atoms with Crippen LogP contribution in [0.3, 0.4) is 0 Å². The van der Waals surface area contributed by atoms with Gasteiger partial charge < -0.3 is 19.9 Å². The summed E-state index contributed by atoms with van der Waals surface area (Å²) >= 11 is 0. The van der Waals surface area contributed by atoms with Crippen molar-refractivity contribution in [3.8, 4) is 5.88 Å². The van der Waals surface area contributed by atoms with E-state index < -0.39 is 0 Å². The zero-order chi connectivity index (χ0) is 19.4. The van der Waals surface area contributed by atoms with E-state index in [2.05, 4.69) is 47.2 Å². The summed E-state index contributed by atoms with van der Waals surface area (Å²) in [5.74, 6) is 0.454. The second-order valence-electron chi connectivity index (χ2n) is 7.15. The first-order chi connectivity index (χ1) is 13.0. The van der Waals surface area contributed by atoms with Gasteiger partial charge in [0.1, 0.15) is 5.69 Å². The molecule has 144 valence electrons. The third kappa shape index (κ3) is 4.51. The van der Waals surface area contributed by atoms with Gasteiger partial charge in [-0.3, -0.25) is 0 Å². The number of ether oxygens (including phenoxy) is 1. The lowest BCUT2D eigenvalue weighted by Gasteiger charge is -2.37. The van der Waals surface area contributed by atoms with E-state index in [0.29, 0.717) is 24.7 Å². The Kier molecular flexibility index (Phi) is 5.84. The minimum atomic E-state index is -0.114. The van der Waals surface area contributed by atoms with Gasteiger partial charge in [-0.1, -0.05) is 12.1 Å². The lowest BCUT2D eigenvalue weighted by molar-refractivity contribution is 0.207. The van der Waals surface area contributed by atoms with E-state index in [4.69, 9.17) is 4.74 Å². The molecule has 27 heavy (non-hydrogen) atoms. The number of carbonyl (C=O) groups is 1. The van der Waals surface area contributed by atoms with Crippen LogP contribution in [-0.4, -0.2) is 48.2 Å². The normalized spacial score (nSPS) is 14.4. The minimum Gasteiger partial charge on any atom is -0.473 e. The van der Waals surface area contributed by atoms with Crippen molar-refractivity contribution in [1.82, 2.24) is 9.88 Å². The van der Waals surface area contributed by atoms with Crippen LogP contribution in [0, 0.1) is 13.8 Å². The molecule has 3 rings (SSSR count). The number of nitrogens with one attached hydrogen (secondary N) is 1. The van der Waals surface area contributed by atoms with E-state index in [1.165, 1.54) is 16.8 Å². The van der Waals surface area contributed by atoms with Crippen molar-refractivity contribution in [3.63, 3.8) is 0 Å². The predicted octanol–water partition coefficient (Wildman–Crippen LogP) is 3.84. The summed E-state index contributed by atoms with van der Waals surface area (Å²) in [6.45, 7) is 11.2. The molecule has 2 heterocycles. The quantitative estimate of drug-likeness (QED) is 0.891. The van der Waals surface area contributed by atoms with Gasteiger partial charge in [0, 0.05) is 38.1 Å². The van der Waals surface area contributed by atoms with Gasteiger partial charge in [-0.15, -0.1) is 0 Å². The molecule has 0 saturated carbocycles. The molecule has 1 aliphatic heterocycles. The Morgan fingerprint density at radius 3 is 2.56 bits per heavy atom. The van der Waals surface area contributed by atoms with Crippen LogP contribution in [0.2, 0.25) is 0 Å². The first-order valence-corrected chi connectivity index (χ1v) is 9.44. The maximum Gasteiger partial charge on any atom is 0.322 e. The molecule has 0 spiro atoms. The standard InChI is InChI=1S/C21H28N4O2/c1-15(2)27-20-18(8-6-10-22-20)23-21(26)25-13-11-24(12-14-25)19-9-5-7-16(3)17(19)4/h5-10,15H,11-14H2,1-4H3,(H,23,26). The number of anilines is 2. The molecule has 1 aromatic carbocycles. The number of urea groups is 1. The molecular weight excluding hydrogens is 340 g/mol. The summed E-state index contributed by atoms with van der Waals surface area (Å²) < 4.78 is 5.68. The lowest BCUT2D eigenvalue weighted by Crippen LogP contribution is -2.50. The lowest BCUT2D eigenvalue weighted by atomic mass is 10.1. The van der Waals surface area contributed by atoms with Gasteiger partial charge in [0.25, 0.3) is 0 Å². The van der Waals surface area contributed by atoms with Crippen LogP contribution < -0.4 is 15.0 Å². The number of benzene rings is 1. The molecule has 0 radical (unpaired) electrons. The average Bonchev–Trinajstić information content (AvgIpc) is 2.65. The maximum absolute atomic E-state index is 12.7. The van der Waals surface area contributed by atoms with E-state index >= 15 is 0 Å². The molecule has 6 heteroatoms. The SMILES string of the molecule is Cc1cccc(N2CCN(C(=O)Nc3cccnc3OC(C)C)CC2)c1C. The summed E-state index contributed by atoms with van der Waals surface area (Å²) in [7, 11) is 0. The van der Waals surface area contributed by atoms with Crippen LogP contribution in [0.5, 0.6) is 5.88 Å². The van der Waals surface area contributed by atoms with Gasteiger partial charge in [-0.2, -0.15) is 0 Å². The number of hydrogen-bond donors (Lipinski definition) is 1.